The van der Waals surface area contributed by atoms with Crippen LogP contribution < -0.4 is 4.74 Å². The van der Waals surface area contributed by atoms with Crippen molar-refractivity contribution in [2.45, 2.75) is 12.8 Å². The van der Waals surface area contributed by atoms with E-state index < -0.39 is 5.97 Å². The van der Waals surface area contributed by atoms with Gasteiger partial charge in [-0.25, -0.2) is 4.79 Å². The van der Waals surface area contributed by atoms with Gasteiger partial charge in [-0.2, -0.15) is 0 Å². The molecule has 16 heavy (non-hydrogen) atoms. The summed E-state index contributed by atoms with van der Waals surface area (Å²) in [5, 5.41) is 9.02. The van der Waals surface area contributed by atoms with Gasteiger partial charge in [0, 0.05) is 6.42 Å². The van der Waals surface area contributed by atoms with Crippen molar-refractivity contribution in [3.63, 3.8) is 0 Å². The van der Waals surface area contributed by atoms with Crippen LogP contribution in [-0.4, -0.2) is 17.7 Å². The van der Waals surface area contributed by atoms with Crippen LogP contribution in [0.5, 0.6) is 5.75 Å². The molecule has 0 aromatic heterocycles. The maximum Gasteiger partial charge on any atom is 0.335 e. The average molecular weight is 239 g/mol. The maximum atomic E-state index is 10.6. The molecule has 0 amide bonds. The van der Waals surface area contributed by atoms with Crippen molar-refractivity contribution in [2.75, 3.05) is 6.61 Å². The first-order valence-electron chi connectivity index (χ1n) is 4.74. The summed E-state index contributed by atoms with van der Waals surface area (Å²) in [5.74, 6) is 1.96. The van der Waals surface area contributed by atoms with E-state index >= 15 is 0 Å². The van der Waals surface area contributed by atoms with Gasteiger partial charge in [-0.05, 0) is 24.6 Å². The molecule has 0 saturated carbocycles. The minimum Gasteiger partial charge on any atom is -0.492 e. The van der Waals surface area contributed by atoms with E-state index in [4.69, 9.17) is 27.9 Å². The zero-order chi connectivity index (χ0) is 12.0. The fourth-order valence-electron chi connectivity index (χ4n) is 1.11. The third-order valence-electron chi connectivity index (χ3n) is 1.90. The Kier molecular flexibility index (Phi) is 4.68. The summed E-state index contributed by atoms with van der Waals surface area (Å²) in [7, 11) is 0. The number of carboxylic acids is 1. The number of terminal acetylenes is 1. The van der Waals surface area contributed by atoms with Crippen LogP contribution >= 0.6 is 11.6 Å². The van der Waals surface area contributed by atoms with Gasteiger partial charge in [0.25, 0.3) is 0 Å². The molecule has 1 N–H and O–H groups in total. The van der Waals surface area contributed by atoms with Crippen molar-refractivity contribution in [3.8, 4) is 18.1 Å². The highest BCUT2D eigenvalue weighted by Crippen LogP contribution is 2.25. The lowest BCUT2D eigenvalue weighted by molar-refractivity contribution is 0.0697. The van der Waals surface area contributed by atoms with E-state index in [0.29, 0.717) is 23.8 Å². The molecule has 0 atom stereocenters. The van der Waals surface area contributed by atoms with Gasteiger partial charge in [0.2, 0.25) is 0 Å². The molecular weight excluding hydrogens is 228 g/mol. The zero-order valence-electron chi connectivity index (χ0n) is 8.57. The Morgan fingerprint density at radius 3 is 2.88 bits per heavy atom. The Balaban J connectivity index is 2.62. The first-order valence-corrected chi connectivity index (χ1v) is 5.12. The number of benzene rings is 1. The number of aromatic carboxylic acids is 1. The predicted octanol–water partition coefficient (Wildman–Crippen LogP) is 2.83. The normalized spacial score (nSPS) is 9.50. The second kappa shape index (κ2) is 6.04. The molecule has 1 rings (SSSR count). The lowest BCUT2D eigenvalue weighted by Gasteiger charge is -2.07. The third-order valence-corrected chi connectivity index (χ3v) is 2.20. The molecule has 3 nitrogen and oxygen atoms in total. The van der Waals surface area contributed by atoms with Crippen LogP contribution in [0.15, 0.2) is 18.2 Å². The standard InChI is InChI=1S/C12H11ClO3/c1-2-3-4-7-16-11-6-5-9(12(14)15)8-10(11)13/h1,5-6,8H,3-4,7H2,(H,14,15). The van der Waals surface area contributed by atoms with Crippen LogP contribution in [-0.2, 0) is 0 Å². The topological polar surface area (TPSA) is 46.5 Å². The van der Waals surface area contributed by atoms with E-state index in [2.05, 4.69) is 5.92 Å². The molecule has 0 saturated heterocycles. The second-order valence-corrected chi connectivity index (χ2v) is 3.51. The molecule has 0 unspecified atom stereocenters. The highest BCUT2D eigenvalue weighted by Gasteiger charge is 2.07. The quantitative estimate of drug-likeness (QED) is 0.634. The summed E-state index contributed by atoms with van der Waals surface area (Å²) in [6, 6.07) is 4.35. The number of ether oxygens (including phenoxy) is 1. The SMILES string of the molecule is C#CCCCOc1ccc(C(=O)O)cc1Cl. The monoisotopic (exact) mass is 238 g/mol. The van der Waals surface area contributed by atoms with Gasteiger partial charge in [-0.3, -0.25) is 0 Å². The first-order chi connectivity index (χ1) is 7.65. The molecule has 0 spiro atoms. The first kappa shape index (κ1) is 12.4. The molecule has 0 heterocycles. The Morgan fingerprint density at radius 1 is 1.56 bits per heavy atom. The molecule has 0 aliphatic carbocycles. The molecule has 4 heteroatoms. The fourth-order valence-corrected chi connectivity index (χ4v) is 1.34. The second-order valence-electron chi connectivity index (χ2n) is 3.11. The van der Waals surface area contributed by atoms with Gasteiger partial charge in [0.1, 0.15) is 5.75 Å². The van der Waals surface area contributed by atoms with Crippen LogP contribution in [0, 0.1) is 12.3 Å². The summed E-state index contributed by atoms with van der Waals surface area (Å²) in [5.41, 5.74) is 0.140. The summed E-state index contributed by atoms with van der Waals surface area (Å²) >= 11 is 5.86. The van der Waals surface area contributed by atoms with Crippen molar-refractivity contribution in [3.05, 3.63) is 28.8 Å². The summed E-state index contributed by atoms with van der Waals surface area (Å²) < 4.78 is 5.35. The molecule has 0 radical (unpaired) electrons. The number of hydrogen-bond acceptors (Lipinski definition) is 2. The van der Waals surface area contributed by atoms with Crippen LogP contribution in [0.3, 0.4) is 0 Å². The summed E-state index contributed by atoms with van der Waals surface area (Å²) in [6.45, 7) is 0.469. The number of halogens is 1. The van der Waals surface area contributed by atoms with E-state index in [-0.39, 0.29) is 5.56 Å². The molecule has 0 aliphatic rings. The number of hydrogen-bond donors (Lipinski definition) is 1. The van der Waals surface area contributed by atoms with Crippen molar-refractivity contribution in [1.29, 1.82) is 0 Å². The lowest BCUT2D eigenvalue weighted by atomic mass is 10.2. The van der Waals surface area contributed by atoms with Gasteiger partial charge >= 0.3 is 5.97 Å². The van der Waals surface area contributed by atoms with E-state index in [1.165, 1.54) is 12.1 Å². The Bertz CT molecular complexity index is 421. The Hall–Kier alpha value is -1.66. The summed E-state index contributed by atoms with van der Waals surface area (Å²) in [6.07, 6.45) is 6.48. The van der Waals surface area contributed by atoms with Crippen LogP contribution in [0.4, 0.5) is 0 Å². The van der Waals surface area contributed by atoms with E-state index in [9.17, 15) is 4.79 Å². The lowest BCUT2D eigenvalue weighted by Crippen LogP contribution is -2.00. The Labute approximate surface area is 99.0 Å². The summed E-state index contributed by atoms with van der Waals surface area (Å²) in [4.78, 5) is 10.6. The molecule has 84 valence electrons. The molecule has 0 fully saturated rings. The minimum absolute atomic E-state index is 0.140. The van der Waals surface area contributed by atoms with Crippen molar-refractivity contribution in [2.24, 2.45) is 0 Å². The van der Waals surface area contributed by atoms with Gasteiger partial charge in [0.15, 0.2) is 0 Å². The number of unbranched alkanes of at least 4 members (excludes halogenated alkanes) is 1. The van der Waals surface area contributed by atoms with Gasteiger partial charge < -0.3 is 9.84 Å². The van der Waals surface area contributed by atoms with E-state index in [1.807, 2.05) is 0 Å². The predicted molar refractivity (Wildman–Crippen MR) is 62.0 cm³/mol. The molecule has 0 bridgehead atoms. The average Bonchev–Trinajstić information content (AvgIpc) is 2.26. The van der Waals surface area contributed by atoms with Crippen LogP contribution in [0.25, 0.3) is 0 Å². The molecule has 1 aromatic carbocycles. The minimum atomic E-state index is -1.01. The zero-order valence-corrected chi connectivity index (χ0v) is 9.33. The van der Waals surface area contributed by atoms with Crippen LogP contribution in [0.2, 0.25) is 5.02 Å². The highest BCUT2D eigenvalue weighted by atomic mass is 35.5. The van der Waals surface area contributed by atoms with Gasteiger partial charge in [-0.15, -0.1) is 12.3 Å². The van der Waals surface area contributed by atoms with Crippen molar-refractivity contribution >= 4 is 17.6 Å². The molecular formula is C12H11ClO3. The smallest absolute Gasteiger partial charge is 0.335 e. The van der Waals surface area contributed by atoms with Crippen LogP contribution in [0.1, 0.15) is 23.2 Å². The van der Waals surface area contributed by atoms with Gasteiger partial charge in [0.05, 0.1) is 17.2 Å². The third kappa shape index (κ3) is 3.48. The molecule has 1 aromatic rings. The van der Waals surface area contributed by atoms with Crippen molar-refractivity contribution in [1.82, 2.24) is 0 Å². The van der Waals surface area contributed by atoms with E-state index in [0.717, 1.165) is 6.42 Å². The largest absolute Gasteiger partial charge is 0.492 e. The fraction of sp³-hybridized carbons (Fsp3) is 0.250. The van der Waals surface area contributed by atoms with Gasteiger partial charge in [-0.1, -0.05) is 11.6 Å². The Morgan fingerprint density at radius 2 is 2.31 bits per heavy atom. The number of carbonyl (C=O) groups is 1. The van der Waals surface area contributed by atoms with Crippen molar-refractivity contribution < 1.29 is 14.6 Å². The van der Waals surface area contributed by atoms with E-state index in [1.54, 1.807) is 6.07 Å². The highest BCUT2D eigenvalue weighted by molar-refractivity contribution is 6.32. The molecule has 0 aliphatic heterocycles. The maximum absolute atomic E-state index is 10.6. The number of carboxylic acid groups (broad SMARTS) is 1. The number of rotatable bonds is 5.